The van der Waals surface area contributed by atoms with Crippen molar-refractivity contribution in [3.05, 3.63) is 58.3 Å². The van der Waals surface area contributed by atoms with Gasteiger partial charge in [-0.05, 0) is 30.3 Å². The Morgan fingerprint density at radius 2 is 1.78 bits per heavy atom. The summed E-state index contributed by atoms with van der Waals surface area (Å²) in [5.74, 6) is -5.55. The van der Waals surface area contributed by atoms with Crippen molar-refractivity contribution >= 4 is 51.2 Å². The molecule has 1 aromatic carbocycles. The predicted octanol–water partition coefficient (Wildman–Crippen LogP) is 0.744. The number of carbonyl (C=O) groups is 3. The molecule has 0 aliphatic rings. The average Bonchev–Trinajstić information content (AvgIpc) is 3.28. The lowest BCUT2D eigenvalue weighted by molar-refractivity contribution is -0.202. The molecule has 0 saturated heterocycles. The number of halogens is 3. The quantitative estimate of drug-likeness (QED) is 0.145. The summed E-state index contributed by atoms with van der Waals surface area (Å²) in [7, 11) is -4.43. The molecular formula is C20H20F3N5O6S2. The first-order chi connectivity index (χ1) is 16.8. The fourth-order valence-electron chi connectivity index (χ4n) is 2.42. The van der Waals surface area contributed by atoms with Gasteiger partial charge in [-0.1, -0.05) is 24.3 Å². The summed E-state index contributed by atoms with van der Waals surface area (Å²) in [5.41, 5.74) is 10.4. The zero-order valence-corrected chi connectivity index (χ0v) is 19.8. The average molecular weight is 548 g/mol. The highest BCUT2D eigenvalue weighted by atomic mass is 32.2. The van der Waals surface area contributed by atoms with Gasteiger partial charge >= 0.3 is 18.1 Å². The lowest BCUT2D eigenvalue weighted by atomic mass is 10.3. The van der Waals surface area contributed by atoms with Crippen LogP contribution in [0.15, 0.2) is 58.4 Å². The van der Waals surface area contributed by atoms with E-state index in [1.165, 1.54) is 24.3 Å². The van der Waals surface area contributed by atoms with Crippen LogP contribution in [0.5, 0.6) is 0 Å². The number of sulfonamides is 1. The molecule has 194 valence electrons. The molecule has 0 saturated carbocycles. The molecule has 1 aromatic heterocycles. The number of thiophene rings is 1. The molecule has 0 unspecified atom stereocenters. The van der Waals surface area contributed by atoms with Crippen LogP contribution in [0.1, 0.15) is 14.5 Å². The van der Waals surface area contributed by atoms with Crippen LogP contribution in [-0.2, 0) is 24.3 Å². The maximum atomic E-state index is 12.5. The second kappa shape index (κ2) is 12.3. The number of alkyl halides is 3. The molecule has 16 heteroatoms. The summed E-state index contributed by atoms with van der Waals surface area (Å²) in [6.45, 7) is -0.619. The summed E-state index contributed by atoms with van der Waals surface area (Å²) in [6.07, 6.45) is -2.25. The van der Waals surface area contributed by atoms with Crippen molar-refractivity contribution in [2.24, 2.45) is 16.5 Å². The minimum atomic E-state index is -5.50. The van der Waals surface area contributed by atoms with Gasteiger partial charge in [0.05, 0.1) is 16.3 Å². The van der Waals surface area contributed by atoms with E-state index in [0.717, 1.165) is 23.5 Å². The SMILES string of the molecule is NC(N)=NCC=Cc1ccc(C(=O)NC[C@H](NS(=O)(=O)c2ccccc2)C(=O)OC(=O)C(F)(F)F)s1. The van der Waals surface area contributed by atoms with Crippen LogP contribution in [0, 0.1) is 0 Å². The lowest BCUT2D eigenvalue weighted by Gasteiger charge is -2.18. The van der Waals surface area contributed by atoms with Gasteiger partial charge in [0.15, 0.2) is 5.96 Å². The smallest absolute Gasteiger partial charge is 0.385 e. The summed E-state index contributed by atoms with van der Waals surface area (Å²) in [6, 6.07) is 7.54. The molecule has 0 bridgehead atoms. The lowest BCUT2D eigenvalue weighted by Crippen LogP contribution is -2.50. The minimum Gasteiger partial charge on any atom is -0.385 e. The number of rotatable bonds is 10. The van der Waals surface area contributed by atoms with E-state index in [0.29, 0.717) is 4.88 Å². The second-order valence-electron chi connectivity index (χ2n) is 6.77. The number of benzene rings is 1. The van der Waals surface area contributed by atoms with Crippen molar-refractivity contribution in [1.29, 1.82) is 0 Å². The number of hydrogen-bond acceptors (Lipinski definition) is 8. The largest absolute Gasteiger partial charge is 0.491 e. The molecule has 36 heavy (non-hydrogen) atoms. The Morgan fingerprint density at radius 1 is 1.11 bits per heavy atom. The zero-order chi connectivity index (χ0) is 26.9. The van der Waals surface area contributed by atoms with Crippen molar-refractivity contribution in [3.8, 4) is 0 Å². The number of hydrogen-bond donors (Lipinski definition) is 4. The monoisotopic (exact) mass is 547 g/mol. The van der Waals surface area contributed by atoms with Crippen LogP contribution in [-0.4, -0.2) is 57.5 Å². The molecule has 0 aliphatic carbocycles. The molecule has 0 fully saturated rings. The first-order valence-corrected chi connectivity index (χ1v) is 12.1. The highest BCUT2D eigenvalue weighted by Gasteiger charge is 2.44. The van der Waals surface area contributed by atoms with Gasteiger partial charge in [-0.25, -0.2) is 23.0 Å². The van der Waals surface area contributed by atoms with Crippen LogP contribution in [0.2, 0.25) is 0 Å². The molecule has 1 atom stereocenters. The molecule has 0 radical (unpaired) electrons. The maximum Gasteiger partial charge on any atom is 0.491 e. The fourth-order valence-corrected chi connectivity index (χ4v) is 4.48. The Labute approximate surface area is 207 Å². The fraction of sp³-hybridized carbons (Fsp3) is 0.200. The Kier molecular flexibility index (Phi) is 9.71. The van der Waals surface area contributed by atoms with Crippen molar-refractivity contribution in [1.82, 2.24) is 10.0 Å². The Hall–Kier alpha value is -3.76. The normalized spacial score (nSPS) is 12.6. The van der Waals surface area contributed by atoms with E-state index in [9.17, 15) is 36.0 Å². The van der Waals surface area contributed by atoms with Crippen molar-refractivity contribution in [2.45, 2.75) is 17.1 Å². The number of guanidine groups is 1. The summed E-state index contributed by atoms with van der Waals surface area (Å²) < 4.78 is 68.2. The second-order valence-corrected chi connectivity index (χ2v) is 9.60. The molecule has 2 rings (SSSR count). The molecule has 1 heterocycles. The molecule has 1 amide bonds. The highest BCUT2D eigenvalue weighted by Crippen LogP contribution is 2.19. The number of esters is 2. The van der Waals surface area contributed by atoms with E-state index < -0.39 is 46.6 Å². The maximum absolute atomic E-state index is 12.5. The van der Waals surface area contributed by atoms with E-state index in [2.05, 4.69) is 15.0 Å². The van der Waals surface area contributed by atoms with Crippen LogP contribution >= 0.6 is 11.3 Å². The Bertz CT molecular complexity index is 1260. The number of ether oxygens (including phenoxy) is 1. The van der Waals surface area contributed by atoms with Gasteiger partial charge in [-0.15, -0.1) is 11.3 Å². The van der Waals surface area contributed by atoms with Gasteiger partial charge in [0.1, 0.15) is 6.04 Å². The third kappa shape index (κ3) is 8.79. The number of carbonyl (C=O) groups excluding carboxylic acids is 3. The van der Waals surface area contributed by atoms with Gasteiger partial charge in [0, 0.05) is 11.4 Å². The molecule has 6 N–H and O–H groups in total. The van der Waals surface area contributed by atoms with Crippen molar-refractivity contribution in [2.75, 3.05) is 13.1 Å². The van der Waals surface area contributed by atoms with E-state index in [1.807, 2.05) is 4.72 Å². The van der Waals surface area contributed by atoms with Crippen LogP contribution < -0.4 is 21.5 Å². The van der Waals surface area contributed by atoms with Gasteiger partial charge in [-0.3, -0.25) is 4.79 Å². The number of nitrogens with one attached hydrogen (secondary N) is 2. The Balaban J connectivity index is 2.14. The van der Waals surface area contributed by atoms with Crippen LogP contribution in [0.4, 0.5) is 13.2 Å². The topological polar surface area (TPSA) is 183 Å². The molecule has 2 aromatic rings. The predicted molar refractivity (Wildman–Crippen MR) is 124 cm³/mol. The van der Waals surface area contributed by atoms with Crippen molar-refractivity contribution < 1.29 is 40.7 Å². The minimum absolute atomic E-state index is 0.0983. The van der Waals surface area contributed by atoms with E-state index in [4.69, 9.17) is 11.5 Å². The summed E-state index contributed by atoms with van der Waals surface area (Å²) >= 11 is 1.02. The third-order valence-electron chi connectivity index (χ3n) is 4.04. The first-order valence-electron chi connectivity index (χ1n) is 9.80. The molecule has 11 nitrogen and oxygen atoms in total. The number of nitrogens with zero attached hydrogens (tertiary/aromatic N) is 1. The van der Waals surface area contributed by atoms with Gasteiger partial charge < -0.3 is 21.5 Å². The summed E-state index contributed by atoms with van der Waals surface area (Å²) in [4.78, 5) is 39.9. The number of aliphatic imine (C=N–C) groups is 1. The molecular weight excluding hydrogens is 527 g/mol. The van der Waals surface area contributed by atoms with Gasteiger partial charge in [-0.2, -0.15) is 17.9 Å². The van der Waals surface area contributed by atoms with Gasteiger partial charge in [0.2, 0.25) is 10.0 Å². The number of amides is 1. The third-order valence-corrected chi connectivity index (χ3v) is 6.58. The molecule has 0 spiro atoms. The molecule has 0 aliphatic heterocycles. The van der Waals surface area contributed by atoms with E-state index in [1.54, 1.807) is 18.2 Å². The zero-order valence-electron chi connectivity index (χ0n) is 18.2. The van der Waals surface area contributed by atoms with E-state index >= 15 is 0 Å². The summed E-state index contributed by atoms with van der Waals surface area (Å²) in [5, 5.41) is 2.23. The number of nitrogens with two attached hydrogens (primary N) is 2. The standard InChI is InChI=1S/C20H20F3N5O6S2/c21-20(22,23)18(31)34-17(30)14(28-36(32,33)13-6-2-1-3-7-13)11-27-16(29)15-9-8-12(35-15)5-4-10-26-19(24)25/h1-9,14,28H,10-11H2,(H,27,29)(H4,24,25,26)/t14-/m0/s1. The Morgan fingerprint density at radius 3 is 2.39 bits per heavy atom. The van der Waals surface area contributed by atoms with Crippen molar-refractivity contribution in [3.63, 3.8) is 0 Å². The van der Waals surface area contributed by atoms with Crippen LogP contribution in [0.25, 0.3) is 6.08 Å². The van der Waals surface area contributed by atoms with E-state index in [-0.39, 0.29) is 22.3 Å². The van der Waals surface area contributed by atoms with Crippen LogP contribution in [0.3, 0.4) is 0 Å². The first kappa shape index (κ1) is 28.5. The highest BCUT2D eigenvalue weighted by molar-refractivity contribution is 7.89. The van der Waals surface area contributed by atoms with Gasteiger partial charge in [0.25, 0.3) is 5.91 Å².